The first-order valence-corrected chi connectivity index (χ1v) is 7.75. The molecule has 1 amide bonds. The van der Waals surface area contributed by atoms with Crippen LogP contribution in [-0.2, 0) is 15.6 Å². The molecule has 0 radical (unpaired) electrons. The Hall–Kier alpha value is -1.55. The van der Waals surface area contributed by atoms with Gasteiger partial charge in [0.2, 0.25) is 0 Å². The number of carbonyl (C=O) groups is 1. The van der Waals surface area contributed by atoms with E-state index in [1.165, 1.54) is 11.1 Å². The first-order chi connectivity index (χ1) is 10.0. The van der Waals surface area contributed by atoms with Crippen molar-refractivity contribution in [2.75, 3.05) is 18.5 Å². The highest BCUT2D eigenvalue weighted by Gasteiger charge is 2.21. The van der Waals surface area contributed by atoms with Crippen molar-refractivity contribution in [2.24, 2.45) is 0 Å². The Kier molecular flexibility index (Phi) is 6.00. The molecule has 0 aliphatic rings. The molecule has 0 unspecified atom stereocenters. The molecule has 0 aliphatic heterocycles. The number of benzene rings is 1. The van der Waals surface area contributed by atoms with Crippen LogP contribution in [0.4, 0.5) is 10.5 Å². The lowest BCUT2D eigenvalue weighted by Crippen LogP contribution is -2.19. The normalized spacial score (nSPS) is 12.1. The quantitative estimate of drug-likeness (QED) is 0.819. The van der Waals surface area contributed by atoms with Gasteiger partial charge in [-0.25, -0.2) is 4.79 Å². The Morgan fingerprint density at radius 3 is 1.95 bits per heavy atom. The lowest BCUT2D eigenvalue weighted by molar-refractivity contribution is 0.149. The highest BCUT2D eigenvalue weighted by molar-refractivity contribution is 5.85. The third-order valence-corrected chi connectivity index (χ3v) is 3.45. The Morgan fingerprint density at radius 1 is 1.05 bits per heavy atom. The molecule has 0 aliphatic carbocycles. The second kappa shape index (κ2) is 7.14. The van der Waals surface area contributed by atoms with Gasteiger partial charge in [-0.15, -0.1) is 0 Å². The summed E-state index contributed by atoms with van der Waals surface area (Å²) in [5, 5.41) is 11.5. The maximum absolute atomic E-state index is 11.8. The number of rotatable bonds is 4. The molecule has 0 bridgehead atoms. The SMILES string of the molecule is CC(C)(C)c1cc(NC(=O)OCCCO)cc(C(C)(C)C)c1. The Morgan fingerprint density at radius 2 is 1.55 bits per heavy atom. The second-order valence-electron chi connectivity index (χ2n) is 7.64. The number of nitrogens with one attached hydrogen (secondary N) is 1. The smallest absolute Gasteiger partial charge is 0.411 e. The first kappa shape index (κ1) is 18.5. The van der Waals surface area contributed by atoms with Crippen LogP contribution < -0.4 is 5.32 Å². The molecule has 0 saturated carbocycles. The molecule has 22 heavy (non-hydrogen) atoms. The maximum Gasteiger partial charge on any atom is 0.411 e. The molecule has 1 rings (SSSR count). The van der Waals surface area contributed by atoms with Gasteiger partial charge >= 0.3 is 6.09 Å². The summed E-state index contributed by atoms with van der Waals surface area (Å²) in [6.45, 7) is 13.1. The monoisotopic (exact) mass is 307 g/mol. The van der Waals surface area contributed by atoms with E-state index < -0.39 is 6.09 Å². The molecule has 1 aromatic rings. The molecule has 2 N–H and O–H groups in total. The molecule has 0 spiro atoms. The van der Waals surface area contributed by atoms with Gasteiger partial charge in [-0.2, -0.15) is 0 Å². The van der Waals surface area contributed by atoms with Gasteiger partial charge in [-0.1, -0.05) is 47.6 Å². The van der Waals surface area contributed by atoms with Crippen LogP contribution in [-0.4, -0.2) is 24.4 Å². The van der Waals surface area contributed by atoms with Crippen molar-refractivity contribution in [1.82, 2.24) is 0 Å². The van der Waals surface area contributed by atoms with Crippen molar-refractivity contribution in [1.29, 1.82) is 0 Å². The van der Waals surface area contributed by atoms with Gasteiger partial charge in [0.05, 0.1) is 6.61 Å². The van der Waals surface area contributed by atoms with Gasteiger partial charge in [-0.3, -0.25) is 5.32 Å². The zero-order chi connectivity index (χ0) is 17.0. The zero-order valence-electron chi connectivity index (χ0n) is 14.6. The second-order valence-corrected chi connectivity index (χ2v) is 7.64. The third kappa shape index (κ3) is 5.68. The van der Waals surface area contributed by atoms with Crippen LogP contribution >= 0.6 is 0 Å². The summed E-state index contributed by atoms with van der Waals surface area (Å²) in [7, 11) is 0. The number of aliphatic hydroxyl groups excluding tert-OH is 1. The third-order valence-electron chi connectivity index (χ3n) is 3.45. The van der Waals surface area contributed by atoms with E-state index in [1.54, 1.807) is 0 Å². The fourth-order valence-corrected chi connectivity index (χ4v) is 1.95. The van der Waals surface area contributed by atoms with Gasteiger partial charge in [0.25, 0.3) is 0 Å². The number of carbonyl (C=O) groups excluding carboxylic acids is 1. The van der Waals surface area contributed by atoms with Gasteiger partial charge in [0.15, 0.2) is 0 Å². The molecule has 0 fully saturated rings. The molecule has 124 valence electrons. The maximum atomic E-state index is 11.8. The van der Waals surface area contributed by atoms with Crippen LogP contribution in [0.2, 0.25) is 0 Å². The van der Waals surface area contributed by atoms with E-state index in [0.29, 0.717) is 6.42 Å². The van der Waals surface area contributed by atoms with Crippen molar-refractivity contribution in [3.63, 3.8) is 0 Å². The van der Waals surface area contributed by atoms with E-state index in [-0.39, 0.29) is 24.0 Å². The van der Waals surface area contributed by atoms with Gasteiger partial charge in [0.1, 0.15) is 0 Å². The largest absolute Gasteiger partial charge is 0.449 e. The molecule has 0 atom stereocenters. The fourth-order valence-electron chi connectivity index (χ4n) is 1.95. The number of hydrogen-bond donors (Lipinski definition) is 2. The Labute approximate surface area is 133 Å². The lowest BCUT2D eigenvalue weighted by Gasteiger charge is -2.26. The molecule has 4 nitrogen and oxygen atoms in total. The van der Waals surface area contributed by atoms with Gasteiger partial charge < -0.3 is 9.84 Å². The van der Waals surface area contributed by atoms with Crippen LogP contribution in [0, 0.1) is 0 Å². The highest BCUT2D eigenvalue weighted by Crippen LogP contribution is 2.32. The first-order valence-electron chi connectivity index (χ1n) is 7.75. The van der Waals surface area contributed by atoms with Gasteiger partial charge in [-0.05, 0) is 34.1 Å². The van der Waals surface area contributed by atoms with E-state index >= 15 is 0 Å². The molecule has 0 heterocycles. The van der Waals surface area contributed by atoms with Crippen molar-refractivity contribution in [3.8, 4) is 0 Å². The minimum absolute atomic E-state index is 0.00150. The average Bonchev–Trinajstić information content (AvgIpc) is 2.36. The summed E-state index contributed by atoms with van der Waals surface area (Å²) < 4.78 is 5.03. The standard InChI is InChI=1S/C18H29NO3/c1-17(2,3)13-10-14(18(4,5)6)12-15(11-13)19-16(21)22-9-7-8-20/h10-12,20H,7-9H2,1-6H3,(H,19,21). The van der Waals surface area contributed by atoms with Crippen molar-refractivity contribution in [2.45, 2.75) is 58.8 Å². The van der Waals surface area contributed by atoms with E-state index in [1.807, 2.05) is 12.1 Å². The van der Waals surface area contributed by atoms with E-state index in [2.05, 4.69) is 52.9 Å². The van der Waals surface area contributed by atoms with Crippen molar-refractivity contribution in [3.05, 3.63) is 29.3 Å². The van der Waals surface area contributed by atoms with Crippen LogP contribution in [0.5, 0.6) is 0 Å². The van der Waals surface area contributed by atoms with Crippen molar-refractivity contribution < 1.29 is 14.6 Å². The molecule has 4 heteroatoms. The minimum Gasteiger partial charge on any atom is -0.449 e. The average molecular weight is 307 g/mol. The van der Waals surface area contributed by atoms with Gasteiger partial charge in [0, 0.05) is 18.7 Å². The lowest BCUT2D eigenvalue weighted by atomic mass is 9.80. The van der Waals surface area contributed by atoms with E-state index in [9.17, 15) is 4.79 Å². The summed E-state index contributed by atoms with van der Waals surface area (Å²) in [6, 6.07) is 6.17. The zero-order valence-corrected chi connectivity index (χ0v) is 14.6. The molecular formula is C18H29NO3. The summed E-state index contributed by atoms with van der Waals surface area (Å²) in [6.07, 6.45) is -0.0396. The van der Waals surface area contributed by atoms with Crippen LogP contribution in [0.1, 0.15) is 59.1 Å². The highest BCUT2D eigenvalue weighted by atomic mass is 16.5. The minimum atomic E-state index is -0.487. The molecule has 1 aromatic carbocycles. The number of hydrogen-bond acceptors (Lipinski definition) is 3. The summed E-state index contributed by atoms with van der Waals surface area (Å²) in [5.41, 5.74) is 3.08. The summed E-state index contributed by atoms with van der Waals surface area (Å²) in [4.78, 5) is 11.8. The fraction of sp³-hybridized carbons (Fsp3) is 0.611. The predicted molar refractivity (Wildman–Crippen MR) is 90.5 cm³/mol. The van der Waals surface area contributed by atoms with Crippen LogP contribution in [0.3, 0.4) is 0 Å². The molecule has 0 aromatic heterocycles. The van der Waals surface area contributed by atoms with E-state index in [4.69, 9.17) is 9.84 Å². The van der Waals surface area contributed by atoms with Crippen LogP contribution in [0.25, 0.3) is 0 Å². The number of aliphatic hydroxyl groups is 1. The molecular weight excluding hydrogens is 278 g/mol. The van der Waals surface area contributed by atoms with Crippen LogP contribution in [0.15, 0.2) is 18.2 Å². The predicted octanol–water partition coefficient (Wildman–Crippen LogP) is 4.21. The Balaban J connectivity index is 3.01. The number of ether oxygens (including phenoxy) is 1. The topological polar surface area (TPSA) is 58.6 Å². The number of amides is 1. The Bertz CT molecular complexity index is 478. The summed E-state index contributed by atoms with van der Waals surface area (Å²) in [5.74, 6) is 0. The number of anilines is 1. The van der Waals surface area contributed by atoms with E-state index in [0.717, 1.165) is 5.69 Å². The van der Waals surface area contributed by atoms with Crippen molar-refractivity contribution >= 4 is 11.8 Å². The molecule has 0 saturated heterocycles. The summed E-state index contributed by atoms with van der Waals surface area (Å²) >= 11 is 0.